The topological polar surface area (TPSA) is 90.0 Å². The van der Waals surface area contributed by atoms with E-state index in [2.05, 4.69) is 5.32 Å². The van der Waals surface area contributed by atoms with E-state index in [0.29, 0.717) is 25.8 Å². The third-order valence-electron chi connectivity index (χ3n) is 3.57. The molecule has 1 aliphatic carbocycles. The normalized spacial score (nSPS) is 15.9. The standard InChI is InChI=1S/C13H23N3O4/c1-4-8-16(9-10(17)15(2)3)12(20)14-13(11(18)19)6-5-7-13/h4-9H2,1-3H3,(H,14,20)(H,18,19). The predicted octanol–water partition coefficient (Wildman–Crippen LogP) is 0.504. The molecule has 2 N–H and O–H groups in total. The van der Waals surface area contributed by atoms with Crippen LogP contribution < -0.4 is 5.32 Å². The lowest BCUT2D eigenvalue weighted by molar-refractivity contribution is -0.148. The fourth-order valence-corrected chi connectivity index (χ4v) is 2.03. The second kappa shape index (κ2) is 6.58. The third kappa shape index (κ3) is 3.61. The Labute approximate surface area is 118 Å². The molecule has 0 aromatic heterocycles. The maximum atomic E-state index is 12.2. The van der Waals surface area contributed by atoms with Crippen LogP contribution in [0, 0.1) is 0 Å². The smallest absolute Gasteiger partial charge is 0.329 e. The average molecular weight is 285 g/mol. The summed E-state index contributed by atoms with van der Waals surface area (Å²) in [6, 6.07) is -0.482. The van der Waals surface area contributed by atoms with Gasteiger partial charge in [-0.3, -0.25) is 4.79 Å². The lowest BCUT2D eigenvalue weighted by Gasteiger charge is -2.39. The maximum Gasteiger partial charge on any atom is 0.329 e. The van der Waals surface area contributed by atoms with Crippen LogP contribution in [0.1, 0.15) is 32.6 Å². The van der Waals surface area contributed by atoms with Crippen molar-refractivity contribution in [3.63, 3.8) is 0 Å². The highest BCUT2D eigenvalue weighted by atomic mass is 16.4. The van der Waals surface area contributed by atoms with E-state index in [0.717, 1.165) is 6.42 Å². The van der Waals surface area contributed by atoms with Crippen LogP contribution in [-0.4, -0.2) is 65.5 Å². The minimum Gasteiger partial charge on any atom is -0.480 e. The summed E-state index contributed by atoms with van der Waals surface area (Å²) in [5, 5.41) is 11.8. The Morgan fingerprint density at radius 2 is 1.85 bits per heavy atom. The lowest BCUT2D eigenvalue weighted by atomic mass is 9.77. The zero-order valence-corrected chi connectivity index (χ0v) is 12.3. The van der Waals surface area contributed by atoms with E-state index >= 15 is 0 Å². The number of likely N-dealkylation sites (N-methyl/N-ethyl adjacent to an activating group) is 1. The summed E-state index contributed by atoms with van der Waals surface area (Å²) in [5.41, 5.74) is -1.15. The van der Waals surface area contributed by atoms with Crippen molar-refractivity contribution < 1.29 is 19.5 Å². The van der Waals surface area contributed by atoms with Crippen LogP contribution in [0.15, 0.2) is 0 Å². The number of amides is 3. The first-order chi connectivity index (χ1) is 9.32. The predicted molar refractivity (Wildman–Crippen MR) is 73.3 cm³/mol. The Kier molecular flexibility index (Phi) is 5.35. The Hall–Kier alpha value is -1.79. The fourth-order valence-electron chi connectivity index (χ4n) is 2.03. The van der Waals surface area contributed by atoms with Crippen LogP contribution in [0.25, 0.3) is 0 Å². The molecule has 0 aromatic carbocycles. The summed E-state index contributed by atoms with van der Waals surface area (Å²) in [6.45, 7) is 2.28. The number of hydrogen-bond donors (Lipinski definition) is 2. The van der Waals surface area contributed by atoms with Crippen LogP contribution in [0.2, 0.25) is 0 Å². The van der Waals surface area contributed by atoms with E-state index < -0.39 is 17.5 Å². The van der Waals surface area contributed by atoms with Gasteiger partial charge in [0.2, 0.25) is 5.91 Å². The summed E-state index contributed by atoms with van der Waals surface area (Å²) in [5.74, 6) is -1.20. The van der Waals surface area contributed by atoms with Crippen LogP contribution in [0.3, 0.4) is 0 Å². The van der Waals surface area contributed by atoms with Gasteiger partial charge < -0.3 is 20.2 Å². The number of carboxylic acid groups (broad SMARTS) is 1. The van der Waals surface area contributed by atoms with Crippen molar-refractivity contribution in [1.82, 2.24) is 15.1 Å². The van der Waals surface area contributed by atoms with E-state index in [1.54, 1.807) is 14.1 Å². The number of urea groups is 1. The third-order valence-corrected chi connectivity index (χ3v) is 3.57. The molecule has 1 aliphatic rings. The van der Waals surface area contributed by atoms with Crippen LogP contribution in [-0.2, 0) is 9.59 Å². The first-order valence-corrected chi connectivity index (χ1v) is 6.83. The SMILES string of the molecule is CCCN(CC(=O)N(C)C)C(=O)NC1(C(=O)O)CCC1. The molecule has 0 unspecified atom stereocenters. The molecule has 0 spiro atoms. The second-order valence-electron chi connectivity index (χ2n) is 5.38. The zero-order valence-electron chi connectivity index (χ0n) is 12.3. The minimum atomic E-state index is -1.15. The largest absolute Gasteiger partial charge is 0.480 e. The first kappa shape index (κ1) is 16.3. The van der Waals surface area contributed by atoms with Crippen molar-refractivity contribution in [2.75, 3.05) is 27.2 Å². The van der Waals surface area contributed by atoms with Crippen LogP contribution >= 0.6 is 0 Å². The van der Waals surface area contributed by atoms with Crippen molar-refractivity contribution in [1.29, 1.82) is 0 Å². The van der Waals surface area contributed by atoms with E-state index in [-0.39, 0.29) is 12.5 Å². The molecule has 0 saturated heterocycles. The van der Waals surface area contributed by atoms with E-state index in [4.69, 9.17) is 0 Å². The molecule has 3 amide bonds. The monoisotopic (exact) mass is 285 g/mol. The summed E-state index contributed by atoms with van der Waals surface area (Å²) >= 11 is 0. The van der Waals surface area contributed by atoms with Gasteiger partial charge in [0.1, 0.15) is 12.1 Å². The van der Waals surface area contributed by atoms with Crippen molar-refractivity contribution in [3.8, 4) is 0 Å². The molecule has 0 radical (unpaired) electrons. The Bertz CT molecular complexity index is 391. The number of aliphatic carboxylic acids is 1. The molecule has 7 heteroatoms. The summed E-state index contributed by atoms with van der Waals surface area (Å²) in [4.78, 5) is 37.9. The highest BCUT2D eigenvalue weighted by Crippen LogP contribution is 2.32. The summed E-state index contributed by atoms with van der Waals surface area (Å²) in [6.07, 6.45) is 2.37. The summed E-state index contributed by atoms with van der Waals surface area (Å²) < 4.78 is 0. The molecule has 1 fully saturated rings. The number of nitrogens with one attached hydrogen (secondary N) is 1. The van der Waals surface area contributed by atoms with E-state index in [1.807, 2.05) is 6.92 Å². The van der Waals surface area contributed by atoms with Crippen LogP contribution in [0.5, 0.6) is 0 Å². The van der Waals surface area contributed by atoms with Gasteiger partial charge in [0, 0.05) is 20.6 Å². The molecular weight excluding hydrogens is 262 g/mol. The van der Waals surface area contributed by atoms with Crippen LogP contribution in [0.4, 0.5) is 4.79 Å². The molecule has 114 valence electrons. The van der Waals surface area contributed by atoms with Gasteiger partial charge in [0.25, 0.3) is 0 Å². The number of carboxylic acids is 1. The van der Waals surface area contributed by atoms with Gasteiger partial charge in [-0.25, -0.2) is 9.59 Å². The molecule has 0 bridgehead atoms. The molecule has 7 nitrogen and oxygen atoms in total. The number of carbonyl (C=O) groups is 3. The Morgan fingerprint density at radius 1 is 1.25 bits per heavy atom. The molecular formula is C13H23N3O4. The first-order valence-electron chi connectivity index (χ1n) is 6.83. The van der Waals surface area contributed by atoms with Crippen molar-refractivity contribution in [2.45, 2.75) is 38.1 Å². The molecule has 0 aromatic rings. The fraction of sp³-hybridized carbons (Fsp3) is 0.769. The van der Waals surface area contributed by atoms with Gasteiger partial charge in [-0.15, -0.1) is 0 Å². The summed E-state index contributed by atoms with van der Waals surface area (Å²) in [7, 11) is 3.24. The molecule has 20 heavy (non-hydrogen) atoms. The van der Waals surface area contributed by atoms with E-state index in [9.17, 15) is 19.5 Å². The lowest BCUT2D eigenvalue weighted by Crippen LogP contribution is -2.62. The molecule has 0 heterocycles. The van der Waals surface area contributed by atoms with Gasteiger partial charge in [-0.2, -0.15) is 0 Å². The van der Waals surface area contributed by atoms with Crippen molar-refractivity contribution in [2.24, 2.45) is 0 Å². The highest BCUT2D eigenvalue weighted by molar-refractivity contribution is 5.89. The Morgan fingerprint density at radius 3 is 2.20 bits per heavy atom. The molecule has 0 atom stereocenters. The number of rotatable bonds is 6. The van der Waals surface area contributed by atoms with Gasteiger partial charge in [0.15, 0.2) is 0 Å². The van der Waals surface area contributed by atoms with Crippen molar-refractivity contribution >= 4 is 17.9 Å². The van der Waals surface area contributed by atoms with E-state index in [1.165, 1.54) is 9.80 Å². The van der Waals surface area contributed by atoms with Gasteiger partial charge in [-0.05, 0) is 25.7 Å². The van der Waals surface area contributed by atoms with Gasteiger partial charge in [-0.1, -0.05) is 6.92 Å². The minimum absolute atomic E-state index is 0.0393. The highest BCUT2D eigenvalue weighted by Gasteiger charge is 2.46. The van der Waals surface area contributed by atoms with Gasteiger partial charge in [0.05, 0.1) is 0 Å². The zero-order chi connectivity index (χ0) is 15.3. The average Bonchev–Trinajstić information content (AvgIpc) is 2.32. The number of carbonyl (C=O) groups excluding carboxylic acids is 2. The second-order valence-corrected chi connectivity index (χ2v) is 5.38. The van der Waals surface area contributed by atoms with Gasteiger partial charge >= 0.3 is 12.0 Å². The quantitative estimate of drug-likeness (QED) is 0.743. The molecule has 1 saturated carbocycles. The number of nitrogens with zero attached hydrogens (tertiary/aromatic N) is 2. The number of hydrogen-bond acceptors (Lipinski definition) is 3. The van der Waals surface area contributed by atoms with Crippen molar-refractivity contribution in [3.05, 3.63) is 0 Å². The Balaban J connectivity index is 2.69. The maximum absolute atomic E-state index is 12.2. The molecule has 0 aliphatic heterocycles. The molecule has 1 rings (SSSR count).